The molecule has 0 heterocycles. The van der Waals surface area contributed by atoms with Crippen molar-refractivity contribution in [2.45, 2.75) is 200 Å². The molecule has 0 aromatic carbocycles. The Balaban J connectivity index is 3.56. The van der Waals surface area contributed by atoms with Gasteiger partial charge in [-0.1, -0.05) is 182 Å². The second kappa shape index (κ2) is 44.5. The lowest BCUT2D eigenvalue weighted by atomic mass is 10.0. The number of carbonyl (C=O) groups is 2. The topological polar surface area (TPSA) is 72.8 Å². The summed E-state index contributed by atoms with van der Waals surface area (Å²) in [6.07, 6.45) is 60.9. The van der Waals surface area contributed by atoms with E-state index in [1.165, 1.54) is 77.0 Å². The number of carbonyl (C=O) groups excluding carboxylic acids is 2. The molecule has 0 aliphatic heterocycles. The Labute approximate surface area is 333 Å². The lowest BCUT2D eigenvalue weighted by molar-refractivity contribution is -0.161. The first-order chi connectivity index (χ1) is 26.6. The fourth-order valence-corrected chi connectivity index (χ4v) is 5.85. The lowest BCUT2D eigenvalue weighted by Crippen LogP contribution is -2.28. The van der Waals surface area contributed by atoms with Gasteiger partial charge in [0.2, 0.25) is 0 Å². The molecule has 0 aliphatic rings. The summed E-state index contributed by atoms with van der Waals surface area (Å²) < 4.78 is 10.6. The third-order valence-electron chi connectivity index (χ3n) is 9.15. The smallest absolute Gasteiger partial charge is 0.306 e. The van der Waals surface area contributed by atoms with Crippen LogP contribution in [0.4, 0.5) is 0 Å². The van der Waals surface area contributed by atoms with Crippen LogP contribution in [0.3, 0.4) is 0 Å². The van der Waals surface area contributed by atoms with E-state index in [2.05, 4.69) is 98.9 Å². The van der Waals surface area contributed by atoms with Gasteiger partial charge in [0.1, 0.15) is 6.61 Å². The molecule has 0 saturated heterocycles. The van der Waals surface area contributed by atoms with E-state index in [9.17, 15) is 14.7 Å². The Bertz CT molecular complexity index is 1030. The molecule has 1 unspecified atom stereocenters. The summed E-state index contributed by atoms with van der Waals surface area (Å²) in [5.41, 5.74) is 0. The Morgan fingerprint density at radius 1 is 0.444 bits per heavy atom. The average molecular weight is 751 g/mol. The highest BCUT2D eigenvalue weighted by molar-refractivity contribution is 5.70. The maximum absolute atomic E-state index is 12.2. The van der Waals surface area contributed by atoms with Crippen molar-refractivity contribution in [1.82, 2.24) is 0 Å². The van der Waals surface area contributed by atoms with Gasteiger partial charge in [-0.2, -0.15) is 0 Å². The van der Waals surface area contributed by atoms with Crippen LogP contribution in [0.15, 0.2) is 85.1 Å². The highest BCUT2D eigenvalue weighted by Gasteiger charge is 2.16. The quantitative estimate of drug-likeness (QED) is 0.0385. The summed E-state index contributed by atoms with van der Waals surface area (Å²) >= 11 is 0. The number of aliphatic hydroxyl groups excluding tert-OH is 1. The third-order valence-corrected chi connectivity index (χ3v) is 9.15. The van der Waals surface area contributed by atoms with Crippen LogP contribution in [0.1, 0.15) is 194 Å². The fraction of sp³-hybridized carbons (Fsp3) is 0.673. The van der Waals surface area contributed by atoms with Crippen molar-refractivity contribution < 1.29 is 24.2 Å². The van der Waals surface area contributed by atoms with Gasteiger partial charge in [0.15, 0.2) is 6.10 Å². The number of esters is 2. The van der Waals surface area contributed by atoms with Crippen LogP contribution in [0.5, 0.6) is 0 Å². The highest BCUT2D eigenvalue weighted by Crippen LogP contribution is 2.14. The molecule has 1 N–H and O–H groups in total. The predicted molar refractivity (Wildman–Crippen MR) is 233 cm³/mol. The summed E-state index contributed by atoms with van der Waals surface area (Å²) in [4.78, 5) is 24.3. The van der Waals surface area contributed by atoms with Gasteiger partial charge in [0.05, 0.1) is 6.61 Å². The fourth-order valence-electron chi connectivity index (χ4n) is 5.85. The van der Waals surface area contributed by atoms with Crippen molar-refractivity contribution in [3.63, 3.8) is 0 Å². The van der Waals surface area contributed by atoms with Crippen molar-refractivity contribution in [3.05, 3.63) is 85.1 Å². The van der Waals surface area contributed by atoms with Crippen LogP contribution < -0.4 is 0 Å². The molecule has 0 rings (SSSR count). The average Bonchev–Trinajstić information content (AvgIpc) is 3.17. The molecule has 5 heteroatoms. The summed E-state index contributed by atoms with van der Waals surface area (Å²) in [6, 6.07) is 0. The number of hydrogen-bond acceptors (Lipinski definition) is 5. The Morgan fingerprint density at radius 2 is 0.796 bits per heavy atom. The number of aliphatic hydroxyl groups is 1. The zero-order chi connectivity index (χ0) is 39.3. The Hall–Kier alpha value is -2.92. The van der Waals surface area contributed by atoms with Crippen molar-refractivity contribution in [1.29, 1.82) is 0 Å². The van der Waals surface area contributed by atoms with E-state index >= 15 is 0 Å². The molecule has 0 fully saturated rings. The van der Waals surface area contributed by atoms with Crippen LogP contribution in [-0.4, -0.2) is 36.4 Å². The standard InChI is InChI=1S/C49H82O5/c1-3-5-7-9-11-13-15-17-18-19-20-21-22-23-24-25-26-27-28-29-30-32-34-36-38-40-42-44-49(52)54-47(45-50)46-53-48(51)43-41-39-37-35-33-31-16-14-12-10-8-6-4-2/h5,7-8,10-11,13-14,16-18,20-21,23-24,47,50H,3-4,6,9,12,15,19,22,25-46H2,1-2H3/b7-5-,10-8-,13-11-,16-14-,18-17-,21-20-,24-23-. The van der Waals surface area contributed by atoms with Gasteiger partial charge in [0.25, 0.3) is 0 Å². The molecule has 0 amide bonds. The lowest BCUT2D eigenvalue weighted by Gasteiger charge is -2.15. The van der Waals surface area contributed by atoms with E-state index in [0.29, 0.717) is 12.8 Å². The Morgan fingerprint density at radius 3 is 1.20 bits per heavy atom. The van der Waals surface area contributed by atoms with Crippen LogP contribution in [0.2, 0.25) is 0 Å². The normalized spacial score (nSPS) is 13.0. The molecular formula is C49H82O5. The van der Waals surface area contributed by atoms with E-state index in [-0.39, 0.29) is 25.2 Å². The summed E-state index contributed by atoms with van der Waals surface area (Å²) in [5.74, 6) is -0.616. The molecule has 0 radical (unpaired) electrons. The number of unbranched alkanes of at least 4 members (excludes halogenated alkanes) is 17. The van der Waals surface area contributed by atoms with E-state index in [1.54, 1.807) is 0 Å². The monoisotopic (exact) mass is 751 g/mol. The van der Waals surface area contributed by atoms with E-state index in [4.69, 9.17) is 9.47 Å². The zero-order valence-electron chi connectivity index (χ0n) is 35.0. The molecule has 0 aromatic heterocycles. The van der Waals surface area contributed by atoms with Crippen LogP contribution in [0.25, 0.3) is 0 Å². The molecule has 0 saturated carbocycles. The van der Waals surface area contributed by atoms with Crippen molar-refractivity contribution >= 4 is 11.9 Å². The van der Waals surface area contributed by atoms with Crippen molar-refractivity contribution in [2.75, 3.05) is 13.2 Å². The van der Waals surface area contributed by atoms with Crippen molar-refractivity contribution in [3.8, 4) is 0 Å². The minimum absolute atomic E-state index is 0.0780. The molecular weight excluding hydrogens is 669 g/mol. The van der Waals surface area contributed by atoms with E-state index in [1.807, 2.05) is 0 Å². The molecule has 1 atom stereocenters. The highest BCUT2D eigenvalue weighted by atomic mass is 16.6. The van der Waals surface area contributed by atoms with Gasteiger partial charge in [-0.25, -0.2) is 0 Å². The molecule has 0 bridgehead atoms. The summed E-state index contributed by atoms with van der Waals surface area (Å²) in [7, 11) is 0. The number of ether oxygens (including phenoxy) is 2. The SMILES string of the molecule is CC/C=C\C/C=C\C/C=C\C/C=C\C/C=C\CCCCCCCCCCCCCC(=O)OC(CO)COC(=O)CCCCCCC/C=C\C/C=C\CCC. The second-order valence-corrected chi connectivity index (χ2v) is 14.4. The molecule has 54 heavy (non-hydrogen) atoms. The molecule has 0 spiro atoms. The first-order valence-corrected chi connectivity index (χ1v) is 22.1. The second-order valence-electron chi connectivity index (χ2n) is 14.4. The number of rotatable bonds is 39. The zero-order valence-corrected chi connectivity index (χ0v) is 35.0. The number of hydrogen-bond donors (Lipinski definition) is 1. The third kappa shape index (κ3) is 41.8. The predicted octanol–water partition coefficient (Wildman–Crippen LogP) is 14.3. The number of allylic oxidation sites excluding steroid dienone is 14. The van der Waals surface area contributed by atoms with Gasteiger partial charge >= 0.3 is 11.9 Å². The van der Waals surface area contributed by atoms with Gasteiger partial charge in [-0.15, -0.1) is 0 Å². The largest absolute Gasteiger partial charge is 0.462 e. The van der Waals surface area contributed by atoms with Gasteiger partial charge in [0, 0.05) is 12.8 Å². The first kappa shape index (κ1) is 51.1. The minimum atomic E-state index is -0.783. The van der Waals surface area contributed by atoms with Crippen molar-refractivity contribution in [2.24, 2.45) is 0 Å². The first-order valence-electron chi connectivity index (χ1n) is 22.1. The molecule has 0 aromatic rings. The maximum Gasteiger partial charge on any atom is 0.306 e. The van der Waals surface area contributed by atoms with Gasteiger partial charge in [-0.3, -0.25) is 9.59 Å². The van der Waals surface area contributed by atoms with Gasteiger partial charge < -0.3 is 14.6 Å². The molecule has 308 valence electrons. The molecule has 5 nitrogen and oxygen atoms in total. The van der Waals surface area contributed by atoms with Crippen LogP contribution in [-0.2, 0) is 19.1 Å². The van der Waals surface area contributed by atoms with Gasteiger partial charge in [-0.05, 0) is 83.5 Å². The molecule has 0 aliphatic carbocycles. The summed E-state index contributed by atoms with van der Waals surface area (Å²) in [6.45, 7) is 3.94. The Kier molecular flexibility index (Phi) is 42.1. The minimum Gasteiger partial charge on any atom is -0.462 e. The maximum atomic E-state index is 12.2. The van der Waals surface area contributed by atoms with E-state index in [0.717, 1.165) is 89.9 Å². The van der Waals surface area contributed by atoms with E-state index < -0.39 is 6.10 Å². The van der Waals surface area contributed by atoms with Crippen LogP contribution >= 0.6 is 0 Å². The summed E-state index contributed by atoms with van der Waals surface area (Å²) in [5, 5.41) is 9.58. The van der Waals surface area contributed by atoms with Crippen LogP contribution in [0, 0.1) is 0 Å².